The van der Waals surface area contributed by atoms with E-state index in [0.29, 0.717) is 5.41 Å². The summed E-state index contributed by atoms with van der Waals surface area (Å²) in [6, 6.07) is 0. The average molecular weight is 207 g/mol. The van der Waals surface area contributed by atoms with Gasteiger partial charge in [0.25, 0.3) is 0 Å². The molecule has 0 aromatic carbocycles. The van der Waals surface area contributed by atoms with Crippen LogP contribution in [0.5, 0.6) is 0 Å². The van der Waals surface area contributed by atoms with Crippen molar-refractivity contribution in [1.29, 1.82) is 0 Å². The van der Waals surface area contributed by atoms with E-state index in [0.717, 1.165) is 19.0 Å². The fraction of sp³-hybridized carbons (Fsp3) is 0.750. The molecule has 0 spiro atoms. The van der Waals surface area contributed by atoms with Crippen LogP contribution in [0.1, 0.15) is 39.5 Å². The Kier molecular flexibility index (Phi) is 2.98. The highest BCUT2D eigenvalue weighted by atomic mass is 15.2. The van der Waals surface area contributed by atoms with Crippen molar-refractivity contribution in [3.63, 3.8) is 0 Å². The molecule has 84 valence electrons. The SMILES string of the molecule is CCn1ccnc1NCC1(CC)CCC1. The second-order valence-electron chi connectivity index (χ2n) is 4.60. The van der Waals surface area contributed by atoms with E-state index in [-0.39, 0.29) is 0 Å². The van der Waals surface area contributed by atoms with Gasteiger partial charge in [-0.3, -0.25) is 0 Å². The number of hydrogen-bond donors (Lipinski definition) is 1. The molecule has 1 saturated carbocycles. The molecular weight excluding hydrogens is 186 g/mol. The van der Waals surface area contributed by atoms with Crippen molar-refractivity contribution < 1.29 is 0 Å². The van der Waals surface area contributed by atoms with Crippen LogP contribution >= 0.6 is 0 Å². The summed E-state index contributed by atoms with van der Waals surface area (Å²) in [6.07, 6.45) is 9.34. The lowest BCUT2D eigenvalue weighted by Crippen LogP contribution is -2.36. The molecule has 0 radical (unpaired) electrons. The molecule has 0 atom stereocenters. The predicted molar refractivity (Wildman–Crippen MR) is 63.0 cm³/mol. The molecule has 0 bridgehead atoms. The molecule has 1 aromatic rings. The number of anilines is 1. The number of aromatic nitrogens is 2. The average Bonchev–Trinajstić information content (AvgIpc) is 2.64. The van der Waals surface area contributed by atoms with Gasteiger partial charge in [0.05, 0.1) is 0 Å². The first kappa shape index (κ1) is 10.5. The monoisotopic (exact) mass is 207 g/mol. The fourth-order valence-corrected chi connectivity index (χ4v) is 2.33. The van der Waals surface area contributed by atoms with Gasteiger partial charge in [-0.1, -0.05) is 13.3 Å². The Bertz CT molecular complexity index is 307. The number of imidazole rings is 1. The second-order valence-corrected chi connectivity index (χ2v) is 4.60. The van der Waals surface area contributed by atoms with Crippen LogP contribution < -0.4 is 5.32 Å². The molecule has 1 heterocycles. The van der Waals surface area contributed by atoms with Crippen LogP contribution in [-0.2, 0) is 6.54 Å². The summed E-state index contributed by atoms with van der Waals surface area (Å²) in [6.45, 7) is 6.51. The lowest BCUT2D eigenvalue weighted by Gasteiger charge is -2.41. The van der Waals surface area contributed by atoms with E-state index in [1.807, 2.05) is 12.4 Å². The van der Waals surface area contributed by atoms with Gasteiger partial charge < -0.3 is 9.88 Å². The lowest BCUT2D eigenvalue weighted by atomic mass is 9.67. The maximum Gasteiger partial charge on any atom is 0.202 e. The Morgan fingerprint density at radius 1 is 1.47 bits per heavy atom. The number of hydrogen-bond acceptors (Lipinski definition) is 2. The Morgan fingerprint density at radius 3 is 2.80 bits per heavy atom. The summed E-state index contributed by atoms with van der Waals surface area (Å²) < 4.78 is 2.15. The standard InChI is InChI=1S/C12H21N3/c1-3-12(6-5-7-12)10-14-11-13-8-9-15(11)4-2/h8-9H,3-7,10H2,1-2H3,(H,13,14). The maximum atomic E-state index is 4.33. The van der Waals surface area contributed by atoms with Gasteiger partial charge in [-0.2, -0.15) is 0 Å². The molecule has 1 N–H and O–H groups in total. The summed E-state index contributed by atoms with van der Waals surface area (Å²) in [4.78, 5) is 4.33. The van der Waals surface area contributed by atoms with Crippen molar-refractivity contribution in [1.82, 2.24) is 9.55 Å². The van der Waals surface area contributed by atoms with Gasteiger partial charge in [-0.05, 0) is 31.6 Å². The van der Waals surface area contributed by atoms with Gasteiger partial charge in [0.1, 0.15) is 0 Å². The molecule has 1 aliphatic carbocycles. The van der Waals surface area contributed by atoms with Gasteiger partial charge in [-0.25, -0.2) is 4.98 Å². The van der Waals surface area contributed by atoms with E-state index in [9.17, 15) is 0 Å². The highest BCUT2D eigenvalue weighted by Gasteiger charge is 2.34. The van der Waals surface area contributed by atoms with Crippen molar-refractivity contribution in [2.45, 2.75) is 46.1 Å². The van der Waals surface area contributed by atoms with Crippen molar-refractivity contribution in [3.8, 4) is 0 Å². The van der Waals surface area contributed by atoms with Crippen molar-refractivity contribution in [3.05, 3.63) is 12.4 Å². The largest absolute Gasteiger partial charge is 0.355 e. The van der Waals surface area contributed by atoms with Gasteiger partial charge in [0, 0.05) is 25.5 Å². The molecule has 3 nitrogen and oxygen atoms in total. The van der Waals surface area contributed by atoms with Crippen LogP contribution in [0, 0.1) is 5.41 Å². The minimum atomic E-state index is 0.560. The van der Waals surface area contributed by atoms with Crippen molar-refractivity contribution >= 4 is 5.95 Å². The molecule has 0 unspecified atom stereocenters. The maximum absolute atomic E-state index is 4.33. The van der Waals surface area contributed by atoms with Gasteiger partial charge in [0.2, 0.25) is 5.95 Å². The topological polar surface area (TPSA) is 29.9 Å². The number of nitrogens with zero attached hydrogens (tertiary/aromatic N) is 2. The Balaban J connectivity index is 1.92. The van der Waals surface area contributed by atoms with E-state index in [4.69, 9.17) is 0 Å². The molecule has 2 rings (SSSR count). The quantitative estimate of drug-likeness (QED) is 0.804. The number of nitrogens with one attached hydrogen (secondary N) is 1. The first-order valence-corrected chi connectivity index (χ1v) is 6.05. The normalized spacial score (nSPS) is 18.5. The second kappa shape index (κ2) is 4.25. The number of rotatable bonds is 5. The Labute approximate surface area is 91.9 Å². The summed E-state index contributed by atoms with van der Waals surface area (Å²) in [5.74, 6) is 1.03. The van der Waals surface area contributed by atoms with E-state index in [2.05, 4.69) is 28.7 Å². The van der Waals surface area contributed by atoms with Gasteiger partial charge in [-0.15, -0.1) is 0 Å². The van der Waals surface area contributed by atoms with Crippen molar-refractivity contribution in [2.24, 2.45) is 5.41 Å². The molecule has 0 amide bonds. The third-order valence-electron chi connectivity index (χ3n) is 3.84. The molecule has 0 saturated heterocycles. The van der Waals surface area contributed by atoms with E-state index < -0.39 is 0 Å². The van der Waals surface area contributed by atoms with Gasteiger partial charge in [0.15, 0.2) is 0 Å². The van der Waals surface area contributed by atoms with Gasteiger partial charge >= 0.3 is 0 Å². The van der Waals surface area contributed by atoms with E-state index >= 15 is 0 Å². The van der Waals surface area contributed by atoms with E-state index in [1.165, 1.54) is 25.7 Å². The minimum absolute atomic E-state index is 0.560. The summed E-state index contributed by atoms with van der Waals surface area (Å²) >= 11 is 0. The summed E-state index contributed by atoms with van der Waals surface area (Å²) in [7, 11) is 0. The number of aryl methyl sites for hydroxylation is 1. The molecule has 3 heteroatoms. The third-order valence-corrected chi connectivity index (χ3v) is 3.84. The Morgan fingerprint density at radius 2 is 2.27 bits per heavy atom. The predicted octanol–water partition coefficient (Wildman–Crippen LogP) is 2.90. The highest BCUT2D eigenvalue weighted by molar-refractivity contribution is 5.26. The minimum Gasteiger partial charge on any atom is -0.355 e. The molecular formula is C12H21N3. The first-order chi connectivity index (χ1) is 7.29. The molecule has 0 aliphatic heterocycles. The first-order valence-electron chi connectivity index (χ1n) is 6.05. The van der Waals surface area contributed by atoms with Crippen LogP contribution in [0.4, 0.5) is 5.95 Å². The third kappa shape index (κ3) is 2.01. The Hall–Kier alpha value is -0.990. The summed E-state index contributed by atoms with van der Waals surface area (Å²) in [5.41, 5.74) is 0.560. The molecule has 1 aromatic heterocycles. The molecule has 15 heavy (non-hydrogen) atoms. The van der Waals surface area contributed by atoms with Crippen LogP contribution in [0.3, 0.4) is 0 Å². The van der Waals surface area contributed by atoms with E-state index in [1.54, 1.807) is 0 Å². The lowest BCUT2D eigenvalue weighted by molar-refractivity contribution is 0.144. The fourth-order valence-electron chi connectivity index (χ4n) is 2.33. The van der Waals surface area contributed by atoms with Crippen LogP contribution in [-0.4, -0.2) is 16.1 Å². The zero-order chi connectivity index (χ0) is 10.7. The summed E-state index contributed by atoms with van der Waals surface area (Å²) in [5, 5.41) is 3.49. The van der Waals surface area contributed by atoms with Crippen LogP contribution in [0.2, 0.25) is 0 Å². The zero-order valence-corrected chi connectivity index (χ0v) is 9.79. The molecule has 1 aliphatic rings. The van der Waals surface area contributed by atoms with Crippen LogP contribution in [0.15, 0.2) is 12.4 Å². The zero-order valence-electron chi connectivity index (χ0n) is 9.79. The smallest absolute Gasteiger partial charge is 0.202 e. The highest BCUT2D eigenvalue weighted by Crippen LogP contribution is 2.43. The van der Waals surface area contributed by atoms with Crippen molar-refractivity contribution in [2.75, 3.05) is 11.9 Å². The molecule has 1 fully saturated rings. The van der Waals surface area contributed by atoms with Crippen LogP contribution in [0.25, 0.3) is 0 Å².